The van der Waals surface area contributed by atoms with Crippen LogP contribution < -0.4 is 0 Å². The van der Waals surface area contributed by atoms with E-state index in [0.717, 1.165) is 15.7 Å². The van der Waals surface area contributed by atoms with Crippen LogP contribution in [0.3, 0.4) is 0 Å². The Kier molecular flexibility index (Phi) is 4.12. The molecule has 1 heterocycles. The monoisotopic (exact) mass is 293 g/mol. The third kappa shape index (κ3) is 3.10. The number of hydrogen-bond donors (Lipinski definition) is 0. The first-order valence-electron chi connectivity index (χ1n) is 4.55. The zero-order valence-electron chi connectivity index (χ0n) is 8.62. The molecule has 3 nitrogen and oxygen atoms in total. The molecule has 88 valence electrons. The van der Waals surface area contributed by atoms with E-state index in [1.807, 2.05) is 6.92 Å². The molecule has 1 aromatic rings. The van der Waals surface area contributed by atoms with E-state index in [0.29, 0.717) is 4.90 Å². The highest BCUT2D eigenvalue weighted by molar-refractivity contribution is 8.82. The van der Waals surface area contributed by atoms with Gasteiger partial charge in [0.25, 0.3) is 0 Å². The lowest BCUT2D eigenvalue weighted by Crippen LogP contribution is -2.04. The second-order valence-electron chi connectivity index (χ2n) is 3.24. The Labute approximate surface area is 107 Å². The maximum absolute atomic E-state index is 11.9. The molecule has 0 radical (unpaired) electrons. The van der Waals surface area contributed by atoms with Crippen LogP contribution in [0, 0.1) is 6.92 Å². The topological polar surface area (TPSA) is 48.2 Å². The molecule has 1 atom stereocenters. The average Bonchev–Trinajstić information content (AvgIpc) is 2.70. The summed E-state index contributed by atoms with van der Waals surface area (Å²) in [6, 6.07) is 6.82. The Balaban J connectivity index is 2.14. The van der Waals surface area contributed by atoms with Gasteiger partial charge in [-0.25, -0.2) is 8.42 Å². The summed E-state index contributed by atoms with van der Waals surface area (Å²) in [7, 11) is -2.23. The van der Waals surface area contributed by atoms with Gasteiger partial charge in [0, 0.05) is 10.1 Å². The third-order valence-electron chi connectivity index (χ3n) is 1.95. The highest BCUT2D eigenvalue weighted by atomic mass is 33.1. The molecule has 0 spiro atoms. The first-order chi connectivity index (χ1) is 7.58. The van der Waals surface area contributed by atoms with Crippen molar-refractivity contribution in [1.29, 1.82) is 0 Å². The summed E-state index contributed by atoms with van der Waals surface area (Å²) < 4.78 is 27.8. The van der Waals surface area contributed by atoms with Crippen molar-refractivity contribution in [3.8, 4) is 0 Å². The number of aryl methyl sites for hydroxylation is 1. The van der Waals surface area contributed by atoms with Crippen LogP contribution in [0.2, 0.25) is 0 Å². The van der Waals surface area contributed by atoms with Crippen LogP contribution in [0.1, 0.15) is 5.56 Å². The Morgan fingerprint density at radius 1 is 1.31 bits per heavy atom. The van der Waals surface area contributed by atoms with Crippen LogP contribution in [0.4, 0.5) is 0 Å². The van der Waals surface area contributed by atoms with Gasteiger partial charge in [-0.2, -0.15) is 0 Å². The second kappa shape index (κ2) is 5.22. The van der Waals surface area contributed by atoms with Crippen molar-refractivity contribution >= 4 is 42.7 Å². The molecule has 2 rings (SSSR count). The summed E-state index contributed by atoms with van der Waals surface area (Å²) >= 11 is 1.74. The third-order valence-corrected chi connectivity index (χ3v) is 10.2. The lowest BCUT2D eigenvalue weighted by atomic mass is 10.2. The quantitative estimate of drug-likeness (QED) is 0.635. The molecule has 1 saturated heterocycles. The molecular weight excluding hydrogens is 282 g/mol. The van der Waals surface area contributed by atoms with Gasteiger partial charge in [0.15, 0.2) is 5.08 Å². The fourth-order valence-electron chi connectivity index (χ4n) is 1.13. The Morgan fingerprint density at radius 3 is 2.56 bits per heavy atom. The highest BCUT2D eigenvalue weighted by Gasteiger charge is 2.23. The van der Waals surface area contributed by atoms with E-state index < -0.39 is 10.0 Å². The predicted molar refractivity (Wildman–Crippen MR) is 74.0 cm³/mol. The van der Waals surface area contributed by atoms with Gasteiger partial charge in [0.05, 0.1) is 20.8 Å². The minimum Gasteiger partial charge on any atom is -0.299 e. The van der Waals surface area contributed by atoms with Crippen LogP contribution in [0.25, 0.3) is 4.13 Å². The van der Waals surface area contributed by atoms with Crippen LogP contribution in [0.5, 0.6) is 0 Å². The summed E-state index contributed by atoms with van der Waals surface area (Å²) in [6.07, 6.45) is 0. The van der Waals surface area contributed by atoms with Gasteiger partial charge in [0.1, 0.15) is 10.0 Å². The standard InChI is InChI=1S/C9H11NO2S4/c1-8-2-4-9(5-3-8)16(11,12)10-15-7-13-6-14-15/h2-5H,6-7H2,1H3. The lowest BCUT2D eigenvalue weighted by Gasteiger charge is -2.15. The first kappa shape index (κ1) is 12.6. The molecule has 0 amide bonds. The van der Waals surface area contributed by atoms with Gasteiger partial charge in [-0.1, -0.05) is 29.5 Å². The Morgan fingerprint density at radius 2 is 2.00 bits per heavy atom. The minimum absolute atomic E-state index is 0.295. The molecule has 1 aliphatic heterocycles. The van der Waals surface area contributed by atoms with Crippen molar-refractivity contribution in [1.82, 2.24) is 0 Å². The molecular formula is C9H11NO2S4. The maximum atomic E-state index is 11.9. The molecule has 1 unspecified atom stereocenters. The second-order valence-corrected chi connectivity index (χ2v) is 10.3. The molecule has 0 bridgehead atoms. The zero-order chi connectivity index (χ0) is 11.6. The SMILES string of the molecule is Cc1ccc(S(=O)(=O)[N-][S+]2CSCS2)cc1. The molecule has 1 aromatic carbocycles. The summed E-state index contributed by atoms with van der Waals surface area (Å²) in [5, 5.41) is 1.76. The number of rotatable bonds is 3. The first-order valence-corrected chi connectivity index (χ1v) is 9.99. The van der Waals surface area contributed by atoms with E-state index in [2.05, 4.69) is 4.13 Å². The maximum Gasteiger partial charge on any atom is 0.155 e. The van der Waals surface area contributed by atoms with Crippen molar-refractivity contribution in [2.75, 3.05) is 10.2 Å². The molecule has 7 heteroatoms. The van der Waals surface area contributed by atoms with Crippen molar-refractivity contribution < 1.29 is 8.42 Å². The van der Waals surface area contributed by atoms with Gasteiger partial charge in [-0.05, 0) is 19.1 Å². The normalized spacial score (nSPS) is 21.2. The van der Waals surface area contributed by atoms with Gasteiger partial charge < -0.3 is 0 Å². The lowest BCUT2D eigenvalue weighted by molar-refractivity contribution is 0.604. The number of thioether (sulfide) groups is 1. The summed E-state index contributed by atoms with van der Waals surface area (Å²) in [5.41, 5.74) is 1.05. The van der Waals surface area contributed by atoms with Crippen LogP contribution in [0.15, 0.2) is 29.2 Å². The molecule has 1 aliphatic rings. The van der Waals surface area contributed by atoms with Gasteiger partial charge in [-0.15, -0.1) is 0 Å². The van der Waals surface area contributed by atoms with Crippen LogP contribution in [-0.4, -0.2) is 18.6 Å². The number of nitrogens with zero attached hydrogens (tertiary/aromatic N) is 1. The molecule has 1 fully saturated rings. The summed E-state index contributed by atoms with van der Waals surface area (Å²) in [4.78, 5) is 0.295. The smallest absolute Gasteiger partial charge is 0.155 e. The van der Waals surface area contributed by atoms with E-state index in [1.54, 1.807) is 46.8 Å². The Bertz CT molecular complexity index is 451. The Hall–Kier alpha value is 0.180. The fraction of sp³-hybridized carbons (Fsp3) is 0.333. The van der Waals surface area contributed by atoms with Crippen molar-refractivity contribution in [3.05, 3.63) is 34.0 Å². The number of hydrogen-bond acceptors (Lipinski definition) is 4. The van der Waals surface area contributed by atoms with Gasteiger partial charge >= 0.3 is 0 Å². The van der Waals surface area contributed by atoms with Crippen molar-refractivity contribution in [2.45, 2.75) is 11.8 Å². The predicted octanol–water partition coefficient (Wildman–Crippen LogP) is 2.90. The van der Waals surface area contributed by atoms with Crippen molar-refractivity contribution in [3.63, 3.8) is 0 Å². The zero-order valence-corrected chi connectivity index (χ0v) is 11.9. The van der Waals surface area contributed by atoms with E-state index in [4.69, 9.17) is 0 Å². The molecule has 0 aliphatic carbocycles. The molecule has 0 aromatic heterocycles. The average molecular weight is 293 g/mol. The largest absolute Gasteiger partial charge is 0.299 e. The van der Waals surface area contributed by atoms with E-state index >= 15 is 0 Å². The van der Waals surface area contributed by atoms with Crippen LogP contribution >= 0.6 is 22.6 Å². The van der Waals surface area contributed by atoms with E-state index in [9.17, 15) is 8.42 Å². The summed E-state index contributed by atoms with van der Waals surface area (Å²) in [6.45, 7) is 1.93. The fourth-order valence-corrected chi connectivity index (χ4v) is 9.95. The van der Waals surface area contributed by atoms with Crippen molar-refractivity contribution in [2.24, 2.45) is 0 Å². The highest BCUT2D eigenvalue weighted by Crippen LogP contribution is 2.39. The van der Waals surface area contributed by atoms with E-state index in [1.165, 1.54) is 0 Å². The minimum atomic E-state index is -3.46. The van der Waals surface area contributed by atoms with Gasteiger partial charge in [0.2, 0.25) is 0 Å². The molecule has 0 saturated carbocycles. The van der Waals surface area contributed by atoms with E-state index in [-0.39, 0.29) is 10.1 Å². The number of sulfonamides is 1. The molecule has 0 N–H and O–H groups in total. The molecule has 16 heavy (non-hydrogen) atoms. The van der Waals surface area contributed by atoms with Crippen LogP contribution in [-0.2, 0) is 20.1 Å². The summed E-state index contributed by atoms with van der Waals surface area (Å²) in [5.74, 6) is 0. The van der Waals surface area contributed by atoms with Gasteiger partial charge in [-0.3, -0.25) is 4.13 Å². The number of benzene rings is 1.